The number of hydrogen-bond acceptors (Lipinski definition) is 29. The summed E-state index contributed by atoms with van der Waals surface area (Å²) in [6.07, 6.45) is 24.0. The number of carbonyl (C=O) groups is 5. The van der Waals surface area contributed by atoms with Crippen molar-refractivity contribution >= 4 is 140 Å². The van der Waals surface area contributed by atoms with E-state index in [-0.39, 0.29) is 126 Å². The zero-order valence-corrected chi connectivity index (χ0v) is 72.6. The van der Waals surface area contributed by atoms with E-state index in [4.69, 9.17) is 0 Å². The van der Waals surface area contributed by atoms with Crippen LogP contribution in [-0.4, -0.2) is 105 Å². The molecule has 5 aliphatic carbocycles. The maximum Gasteiger partial charge on any atom is 0.271 e. The number of halogens is 8. The van der Waals surface area contributed by atoms with Crippen LogP contribution in [0, 0.1) is 155 Å². The number of rotatable bonds is 20. The van der Waals surface area contributed by atoms with Gasteiger partial charge in [-0.05, 0) is 152 Å². The normalized spacial score (nSPS) is 16.5. The first kappa shape index (κ1) is 91.9. The van der Waals surface area contributed by atoms with Crippen LogP contribution < -0.4 is 51.1 Å². The zero-order chi connectivity index (χ0) is 90.0. The van der Waals surface area contributed by atoms with Crippen molar-refractivity contribution in [2.45, 2.75) is 183 Å². The minimum absolute atomic E-state index is 0.0193. The van der Waals surface area contributed by atoms with Crippen molar-refractivity contribution < 1.29 is 59.1 Å². The number of nitrogens with zero attached hydrogens (tertiary/aromatic N) is 19. The Bertz CT molecular complexity index is 5710. The molecule has 42 heteroatoms. The second-order valence-electron chi connectivity index (χ2n) is 31.3. The molecule has 644 valence electrons. The highest BCUT2D eigenvalue weighted by Crippen LogP contribution is 2.44. The van der Waals surface area contributed by atoms with Crippen LogP contribution in [0.5, 0.6) is 0 Å². The molecular weight excluding hydrogens is 1710 g/mol. The maximum absolute atomic E-state index is 13.5. The number of benzene rings is 1. The molecule has 15 rings (SSSR count). The Balaban J connectivity index is 0.000000151. The highest BCUT2D eigenvalue weighted by molar-refractivity contribution is 7.17. The van der Waals surface area contributed by atoms with Crippen molar-refractivity contribution in [3.8, 4) is 31.0 Å². The molecule has 5 amide bonds. The lowest BCUT2D eigenvalue weighted by Gasteiger charge is -2.44. The minimum Gasteiger partial charge on any atom is -0.348 e. The topological polar surface area (TPSA) is 397 Å². The molecular formula is C82H80F8N24O5S5. The van der Waals surface area contributed by atoms with Crippen molar-refractivity contribution in [1.29, 1.82) is 26.3 Å². The van der Waals surface area contributed by atoms with Crippen molar-refractivity contribution in [1.82, 2.24) is 71.4 Å². The number of aromatic nitrogens is 9. The number of thiazole rings is 5. The van der Waals surface area contributed by atoms with Gasteiger partial charge >= 0.3 is 0 Å². The molecule has 3 unspecified atom stereocenters. The van der Waals surface area contributed by atoms with Gasteiger partial charge in [0.1, 0.15) is 40.1 Å². The van der Waals surface area contributed by atoms with E-state index in [9.17, 15) is 85.4 Å². The molecule has 1 aromatic carbocycles. The predicted octanol–water partition coefficient (Wildman–Crippen LogP) is 17.4. The molecule has 0 spiro atoms. The van der Waals surface area contributed by atoms with Crippen LogP contribution in [0.4, 0.5) is 89.2 Å². The van der Waals surface area contributed by atoms with E-state index in [0.717, 1.165) is 180 Å². The fourth-order valence-electron chi connectivity index (χ4n) is 13.1. The van der Waals surface area contributed by atoms with E-state index < -0.39 is 47.3 Å². The number of nitriles is 5. The molecule has 124 heavy (non-hydrogen) atoms. The van der Waals surface area contributed by atoms with Gasteiger partial charge in [0.15, 0.2) is 31.0 Å². The minimum atomic E-state index is -1.04. The summed E-state index contributed by atoms with van der Waals surface area (Å²) in [5.74, 6) is -8.50. The summed E-state index contributed by atoms with van der Waals surface area (Å²) >= 11 is 5.76. The summed E-state index contributed by atoms with van der Waals surface area (Å²) in [5, 5.41) is 62.8. The Morgan fingerprint density at radius 1 is 0.339 bits per heavy atom. The fraction of sp³-hybridized carbons (Fsp3) is 0.378. The van der Waals surface area contributed by atoms with Gasteiger partial charge in [0.2, 0.25) is 61.3 Å². The highest BCUT2D eigenvalue weighted by Gasteiger charge is 2.43. The zero-order valence-electron chi connectivity index (χ0n) is 68.5. The summed E-state index contributed by atoms with van der Waals surface area (Å²) in [7, 11) is 0. The summed E-state index contributed by atoms with van der Waals surface area (Å²) < 4.78 is 107. The molecule has 0 aliphatic heterocycles. The monoisotopic (exact) mass is 1790 g/mol. The van der Waals surface area contributed by atoms with E-state index in [1.165, 1.54) is 57.0 Å². The smallest absolute Gasteiger partial charge is 0.271 e. The molecule has 29 nitrogen and oxygen atoms in total. The number of anilines is 10. The van der Waals surface area contributed by atoms with Gasteiger partial charge in [-0.1, -0.05) is 41.5 Å². The number of aryl methyl sites for hydroxylation is 5. The SMILES string of the molecule is Cc1sc(N(C#N)c2cc(F)cc(F)c2)nc1C(=O)NC1CCC1(C)C.Cc1sc(N(C#N)c2cc(F)nc(F)c2)nc1C(=O)NC1CCC1.Cc1sc(N(C#N)c2cc(F)nc(F)c2)nc1C(=O)NC1CCC1(C)C.Cc1sc(N(C#N)c2ccnc(F)c2)nc1C(=O)NC1CCC1.Cc1sc(N(C#N)c2ccnc(F)c2)nc1C(=O)NC1CCC1(C)C. The average molecular weight is 1790 g/mol. The fourth-order valence-corrected chi connectivity index (χ4v) is 17.5. The third kappa shape index (κ3) is 22.0. The molecule has 3 atom stereocenters. The van der Waals surface area contributed by atoms with Gasteiger partial charge in [0.05, 0.1) is 28.4 Å². The molecule has 0 saturated heterocycles. The lowest BCUT2D eigenvalue weighted by Crippen LogP contribution is -2.52. The molecule has 9 heterocycles. The van der Waals surface area contributed by atoms with E-state index in [2.05, 4.69) is 113 Å². The van der Waals surface area contributed by atoms with Gasteiger partial charge in [-0.3, -0.25) is 24.0 Å². The highest BCUT2D eigenvalue weighted by atomic mass is 32.1. The Morgan fingerprint density at radius 3 is 0.782 bits per heavy atom. The summed E-state index contributed by atoms with van der Waals surface area (Å²) in [6, 6.07) is 12.5. The summed E-state index contributed by atoms with van der Waals surface area (Å²) in [6.45, 7) is 21.3. The lowest BCUT2D eigenvalue weighted by atomic mass is 9.67. The van der Waals surface area contributed by atoms with Gasteiger partial charge < -0.3 is 26.6 Å². The van der Waals surface area contributed by atoms with Crippen molar-refractivity contribution in [3.05, 3.63) is 179 Å². The van der Waals surface area contributed by atoms with Gasteiger partial charge in [-0.15, -0.1) is 56.7 Å². The first-order valence-electron chi connectivity index (χ1n) is 38.6. The summed E-state index contributed by atoms with van der Waals surface area (Å²) in [4.78, 5) is 105. The summed E-state index contributed by atoms with van der Waals surface area (Å²) in [5.41, 5.74) is 2.04. The maximum atomic E-state index is 13.5. The largest absolute Gasteiger partial charge is 0.348 e. The second kappa shape index (κ2) is 39.2. The molecule has 9 aromatic heterocycles. The first-order valence-corrected chi connectivity index (χ1v) is 42.6. The van der Waals surface area contributed by atoms with Crippen LogP contribution in [0.15, 0.2) is 79.1 Å². The molecule has 0 radical (unpaired) electrons. The Kier molecular flexibility index (Phi) is 29.0. The Morgan fingerprint density at radius 2 is 0.573 bits per heavy atom. The van der Waals surface area contributed by atoms with Crippen molar-refractivity contribution in [3.63, 3.8) is 0 Å². The van der Waals surface area contributed by atoms with Crippen LogP contribution in [-0.2, 0) is 0 Å². The van der Waals surface area contributed by atoms with Crippen molar-refractivity contribution in [2.24, 2.45) is 16.2 Å². The van der Waals surface area contributed by atoms with Gasteiger partial charge in [0.25, 0.3) is 29.5 Å². The predicted molar refractivity (Wildman–Crippen MR) is 449 cm³/mol. The first-order chi connectivity index (χ1) is 58.8. The lowest BCUT2D eigenvalue weighted by molar-refractivity contribution is 0.0724. The number of hydrogen-bond donors (Lipinski definition) is 5. The van der Waals surface area contributed by atoms with E-state index in [0.29, 0.717) is 57.4 Å². The average Bonchev–Trinajstić information content (AvgIpc) is 1.55. The molecule has 5 N–H and O–H groups in total. The molecule has 10 aromatic rings. The van der Waals surface area contributed by atoms with Crippen LogP contribution in [0.2, 0.25) is 0 Å². The quantitative estimate of drug-likeness (QED) is 0.0205. The van der Waals surface area contributed by atoms with Gasteiger partial charge in [0, 0.05) is 109 Å². The van der Waals surface area contributed by atoms with Gasteiger partial charge in [-0.25, -0.2) is 68.2 Å². The molecule has 5 saturated carbocycles. The number of pyridine rings is 4. The number of carbonyl (C=O) groups excluding carboxylic acids is 5. The number of amides is 5. The molecule has 5 fully saturated rings. The van der Waals surface area contributed by atoms with E-state index in [1.807, 2.05) is 31.0 Å². The van der Waals surface area contributed by atoms with Crippen LogP contribution in [0.1, 0.15) is 195 Å². The van der Waals surface area contributed by atoms with Crippen LogP contribution >= 0.6 is 56.7 Å². The van der Waals surface area contributed by atoms with Crippen molar-refractivity contribution in [2.75, 3.05) is 24.5 Å². The van der Waals surface area contributed by atoms with E-state index >= 15 is 0 Å². The second-order valence-corrected chi connectivity index (χ2v) is 37.2. The van der Waals surface area contributed by atoms with E-state index in [1.54, 1.807) is 34.6 Å². The third-order valence-corrected chi connectivity index (χ3v) is 26.2. The molecule has 5 aliphatic rings. The Hall–Kier alpha value is -12.8. The molecule has 0 bridgehead atoms. The standard InChI is InChI=1S/C18H18F2N4OS.C17H17F2N5OS.C17H18FN5OS.C15H13F2N5OS.C15H14FN5OS/c1-10-15(16(25)22-14-4-5-18(14,2)3)23-17(26-10)24(9-21)13-7-11(19)6-12(20)8-13;1-9-14(15(25)21-11-4-5-17(11,2)3)23-16(26-9)24(8-20)10-6-12(18)22-13(19)7-10;1-10-14(15(24)21-12-4-6-17(12,2)3)22-16(25-10)23(9-19)11-5-7-20-13(18)8-11;1-8-13(14(23)19-9-3-2-4-9)21-15(24-8)22(7-18)10-5-11(16)20-12(17)6-10;1-9-13(14(22)19-10-3-2-4-10)20-15(23-9)21(8-17)11-5-6-18-12(16)7-11/h6-8,14H,4-5H2,1-3H3,(H,22,25);6-7,11H,4-5H2,1-3H3,(H,21,25);5,7-8,12H,4,6H2,1-3H3,(H,21,24);5-6,9H,2-4H2,1H3,(H,19,23);5-7,10H,2-4H2,1H3,(H,19,22). The van der Waals surface area contributed by atoms with Crippen LogP contribution in [0.25, 0.3) is 0 Å². The number of nitrogens with one attached hydrogen (secondary N) is 5. The third-order valence-electron chi connectivity index (χ3n) is 21.4. The van der Waals surface area contributed by atoms with Gasteiger partial charge in [-0.2, -0.15) is 62.6 Å². The Labute approximate surface area is 727 Å². The van der Waals surface area contributed by atoms with Crippen LogP contribution in [0.3, 0.4) is 0 Å².